The van der Waals surface area contributed by atoms with E-state index in [-0.39, 0.29) is 29.2 Å². The number of halogens is 3. The molecule has 2 aromatic heterocycles. The lowest BCUT2D eigenvalue weighted by atomic mass is 9.97. The number of piperazine rings is 1. The number of rotatable bonds is 5. The topological polar surface area (TPSA) is 91.5 Å². The molecule has 4 aliphatic rings. The summed E-state index contributed by atoms with van der Waals surface area (Å²) in [5.41, 5.74) is 7.17. The van der Waals surface area contributed by atoms with Gasteiger partial charge in [-0.05, 0) is 68.7 Å². The molecular weight excluding hydrogens is 603 g/mol. The van der Waals surface area contributed by atoms with Crippen molar-refractivity contribution >= 4 is 33.4 Å². The molecule has 0 aliphatic carbocycles. The van der Waals surface area contributed by atoms with Gasteiger partial charge in [0, 0.05) is 74.3 Å². The number of hydrogen-bond acceptors (Lipinski definition) is 7. The summed E-state index contributed by atoms with van der Waals surface area (Å²) >= 11 is 0. The highest BCUT2D eigenvalue weighted by Crippen LogP contribution is 2.38. The first-order chi connectivity index (χ1) is 22.7. The van der Waals surface area contributed by atoms with Crippen LogP contribution in [0.3, 0.4) is 0 Å². The molecule has 4 saturated heterocycles. The monoisotopic (exact) mass is 645 g/mol. The molecular formula is C36H42F3N7O. The zero-order chi connectivity index (χ0) is 32.8. The Labute approximate surface area is 273 Å². The van der Waals surface area contributed by atoms with Crippen molar-refractivity contribution in [3.63, 3.8) is 0 Å². The molecule has 0 saturated carbocycles. The number of carbonyl (C=O) groups is 1. The van der Waals surface area contributed by atoms with Crippen LogP contribution in [0.1, 0.15) is 56.8 Å². The Bertz CT molecular complexity index is 1790. The smallest absolute Gasteiger partial charge is 0.224 e. The zero-order valence-corrected chi connectivity index (χ0v) is 27.1. The van der Waals surface area contributed by atoms with Crippen molar-refractivity contribution in [1.82, 2.24) is 24.8 Å². The molecule has 4 aliphatic heterocycles. The highest BCUT2D eigenvalue weighted by Gasteiger charge is 2.43. The van der Waals surface area contributed by atoms with Crippen LogP contribution in [0.5, 0.6) is 0 Å². The summed E-state index contributed by atoms with van der Waals surface area (Å²) < 4.78 is 43.8. The maximum Gasteiger partial charge on any atom is 0.224 e. The molecule has 11 heteroatoms. The minimum atomic E-state index is -0.587. The summed E-state index contributed by atoms with van der Waals surface area (Å²) in [4.78, 5) is 33.0. The summed E-state index contributed by atoms with van der Waals surface area (Å²) in [5, 5.41) is 1.54. The molecule has 0 spiro atoms. The number of amides is 1. The molecule has 4 aromatic rings. The Kier molecular flexibility index (Phi) is 8.78. The summed E-state index contributed by atoms with van der Waals surface area (Å²) in [5.74, 6) is 0.242. The third kappa shape index (κ3) is 5.92. The van der Waals surface area contributed by atoms with E-state index in [0.29, 0.717) is 78.4 Å². The molecule has 4 fully saturated rings. The Morgan fingerprint density at radius 2 is 1.83 bits per heavy atom. The molecule has 4 unspecified atom stereocenters. The molecule has 6 heterocycles. The lowest BCUT2D eigenvalue weighted by Gasteiger charge is -2.42. The summed E-state index contributed by atoms with van der Waals surface area (Å²) in [7, 11) is 0. The molecule has 2 aromatic carbocycles. The number of fused-ring (bicyclic) bond motifs is 5. The van der Waals surface area contributed by atoms with E-state index in [1.807, 2.05) is 30.9 Å². The Balaban J connectivity index is 0.000000334. The van der Waals surface area contributed by atoms with Gasteiger partial charge in [0.05, 0.1) is 5.39 Å². The molecule has 0 radical (unpaired) electrons. The zero-order valence-electron chi connectivity index (χ0n) is 27.1. The minimum absolute atomic E-state index is 0.0697. The number of alkyl halides is 1. The maximum absolute atomic E-state index is 16.3. The van der Waals surface area contributed by atoms with Crippen molar-refractivity contribution in [2.75, 3.05) is 37.6 Å². The third-order valence-corrected chi connectivity index (χ3v) is 10.2. The van der Waals surface area contributed by atoms with Gasteiger partial charge in [0.1, 0.15) is 34.8 Å². The SMILES string of the molecule is CCc1nc(N2CC3CCC(C2)N3C(=O)CCN)c2cnc(-c3cc(C)cc4cccc(F)c34)c(F)c2n1.FC1CC2CCCN2C1. The van der Waals surface area contributed by atoms with Gasteiger partial charge < -0.3 is 15.5 Å². The first kappa shape index (κ1) is 31.8. The molecule has 47 heavy (non-hydrogen) atoms. The molecule has 2 N–H and O–H groups in total. The van der Waals surface area contributed by atoms with Crippen molar-refractivity contribution in [3.05, 3.63) is 59.6 Å². The van der Waals surface area contributed by atoms with Crippen molar-refractivity contribution in [3.8, 4) is 11.3 Å². The largest absolute Gasteiger partial charge is 0.352 e. The first-order valence-corrected chi connectivity index (χ1v) is 16.9. The van der Waals surface area contributed by atoms with Crippen LogP contribution >= 0.6 is 0 Å². The second-order valence-corrected chi connectivity index (χ2v) is 13.4. The minimum Gasteiger partial charge on any atom is -0.352 e. The number of carbonyl (C=O) groups excluding carboxylic acids is 1. The number of hydrogen-bond donors (Lipinski definition) is 1. The highest BCUT2D eigenvalue weighted by atomic mass is 19.1. The van der Waals surface area contributed by atoms with Crippen molar-refractivity contribution in [1.29, 1.82) is 0 Å². The second kappa shape index (κ2) is 13.0. The fraction of sp³-hybridized carbons (Fsp3) is 0.500. The van der Waals surface area contributed by atoms with E-state index in [1.165, 1.54) is 18.9 Å². The normalized spacial score (nSPS) is 23.8. The van der Waals surface area contributed by atoms with Gasteiger partial charge in [-0.1, -0.05) is 25.1 Å². The standard InChI is InChI=1S/C29H30F2N6O.C7H12FN/c1-3-23-34-28-21(29(35-23)36-14-18-7-8-19(15-36)37(18)24(38)9-10-32)13-33-27(26(28)31)20-12-16(2)11-17-5-4-6-22(30)25(17)20;8-6-4-7-2-1-3-9(7)5-6/h4-6,11-13,18-19H,3,7-10,14-15,32H2,1-2H3;6-7H,1-5H2. The Morgan fingerprint density at radius 3 is 2.55 bits per heavy atom. The third-order valence-electron chi connectivity index (χ3n) is 10.2. The van der Waals surface area contributed by atoms with Gasteiger partial charge in [-0.15, -0.1) is 0 Å². The lowest BCUT2D eigenvalue weighted by molar-refractivity contribution is -0.134. The van der Waals surface area contributed by atoms with Crippen LogP contribution in [-0.4, -0.2) is 87.7 Å². The van der Waals surface area contributed by atoms with E-state index in [9.17, 15) is 13.6 Å². The van der Waals surface area contributed by atoms with Crippen LogP contribution in [0.2, 0.25) is 0 Å². The lowest BCUT2D eigenvalue weighted by Crippen LogP contribution is -2.56. The second-order valence-electron chi connectivity index (χ2n) is 13.4. The van der Waals surface area contributed by atoms with Gasteiger partial charge in [-0.25, -0.2) is 23.1 Å². The quantitative estimate of drug-likeness (QED) is 0.297. The van der Waals surface area contributed by atoms with Crippen LogP contribution in [0, 0.1) is 18.6 Å². The number of pyridine rings is 1. The van der Waals surface area contributed by atoms with Crippen LogP contribution in [0.15, 0.2) is 36.5 Å². The van der Waals surface area contributed by atoms with E-state index >= 15 is 4.39 Å². The van der Waals surface area contributed by atoms with Gasteiger partial charge in [0.15, 0.2) is 5.82 Å². The number of nitrogens with two attached hydrogens (primary N) is 1. The molecule has 248 valence electrons. The van der Waals surface area contributed by atoms with Gasteiger partial charge in [0.2, 0.25) is 5.91 Å². The number of aryl methyl sites for hydroxylation is 2. The number of benzene rings is 2. The number of aromatic nitrogens is 3. The Hall–Kier alpha value is -3.83. The van der Waals surface area contributed by atoms with E-state index in [2.05, 4.69) is 19.8 Å². The number of nitrogens with zero attached hydrogens (tertiary/aromatic N) is 6. The van der Waals surface area contributed by atoms with Crippen molar-refractivity contribution < 1.29 is 18.0 Å². The van der Waals surface area contributed by atoms with Crippen LogP contribution in [-0.2, 0) is 11.2 Å². The van der Waals surface area contributed by atoms with Gasteiger partial charge in [-0.3, -0.25) is 14.7 Å². The Morgan fingerprint density at radius 1 is 1.04 bits per heavy atom. The van der Waals surface area contributed by atoms with Crippen LogP contribution in [0.25, 0.3) is 32.9 Å². The van der Waals surface area contributed by atoms with E-state index in [0.717, 1.165) is 31.4 Å². The maximum atomic E-state index is 16.3. The highest BCUT2D eigenvalue weighted by molar-refractivity contribution is 5.99. The van der Waals surface area contributed by atoms with E-state index < -0.39 is 17.8 Å². The molecule has 8 nitrogen and oxygen atoms in total. The molecule has 1 amide bonds. The summed E-state index contributed by atoms with van der Waals surface area (Å²) in [6, 6.07) is 9.23. The average molecular weight is 646 g/mol. The average Bonchev–Trinajstić information content (AvgIpc) is 3.71. The van der Waals surface area contributed by atoms with Crippen molar-refractivity contribution in [2.24, 2.45) is 5.73 Å². The van der Waals surface area contributed by atoms with Gasteiger partial charge in [0.25, 0.3) is 0 Å². The summed E-state index contributed by atoms with van der Waals surface area (Å²) in [6.45, 7) is 7.24. The fourth-order valence-electron chi connectivity index (χ4n) is 8.15. The molecule has 8 rings (SSSR count). The van der Waals surface area contributed by atoms with E-state index in [1.54, 1.807) is 18.3 Å². The van der Waals surface area contributed by atoms with Crippen molar-refractivity contribution in [2.45, 2.75) is 83.1 Å². The van der Waals surface area contributed by atoms with E-state index in [4.69, 9.17) is 10.7 Å². The van der Waals surface area contributed by atoms with Gasteiger partial charge in [-0.2, -0.15) is 0 Å². The molecule has 4 atom stereocenters. The molecule has 2 bridgehead atoms. The predicted octanol–water partition coefficient (Wildman–Crippen LogP) is 5.72. The fourth-order valence-corrected chi connectivity index (χ4v) is 8.15. The predicted molar refractivity (Wildman–Crippen MR) is 178 cm³/mol. The van der Waals surface area contributed by atoms with Crippen LogP contribution in [0.4, 0.5) is 19.0 Å². The first-order valence-electron chi connectivity index (χ1n) is 16.9. The number of anilines is 1. The van der Waals surface area contributed by atoms with Gasteiger partial charge >= 0.3 is 0 Å². The van der Waals surface area contributed by atoms with Crippen LogP contribution < -0.4 is 10.6 Å². The summed E-state index contributed by atoms with van der Waals surface area (Å²) in [6.07, 6.45) is 7.13.